The quantitative estimate of drug-likeness (QED) is 0.441. The third kappa shape index (κ3) is 4.87. The zero-order valence-corrected chi connectivity index (χ0v) is 18.8. The van der Waals surface area contributed by atoms with Crippen molar-refractivity contribution in [2.75, 3.05) is 12.4 Å². The molecule has 4 rings (SSSR count). The number of nitrogens with one attached hydrogen (secondary N) is 1. The molecule has 32 heavy (non-hydrogen) atoms. The molecule has 1 unspecified atom stereocenters. The van der Waals surface area contributed by atoms with Crippen LogP contribution >= 0.6 is 11.3 Å². The Balaban J connectivity index is 1.49. The number of ether oxygens (including phenoxy) is 2. The number of allylic oxidation sites excluding steroid dienone is 1. The summed E-state index contributed by atoms with van der Waals surface area (Å²) in [7, 11) is 1.69. The molecule has 3 aromatic rings. The fraction of sp³-hybridized carbons (Fsp3) is 0.208. The number of benzene rings is 1. The van der Waals surface area contributed by atoms with E-state index in [1.807, 2.05) is 49.6 Å². The molecule has 164 valence electrons. The molecule has 0 saturated carbocycles. The number of thiazole rings is 1. The van der Waals surface area contributed by atoms with Gasteiger partial charge in [0.05, 0.1) is 17.4 Å². The maximum absolute atomic E-state index is 12.4. The number of carbonyl (C=O) groups is 1. The molecule has 1 N–H and O–H groups in total. The van der Waals surface area contributed by atoms with Crippen LogP contribution in [0.2, 0.25) is 0 Å². The lowest BCUT2D eigenvalue weighted by molar-refractivity contribution is -0.605. The van der Waals surface area contributed by atoms with Gasteiger partial charge in [-0.25, -0.2) is 4.98 Å². The highest BCUT2D eigenvalue weighted by atomic mass is 32.1. The van der Waals surface area contributed by atoms with E-state index >= 15 is 0 Å². The van der Waals surface area contributed by atoms with Crippen molar-refractivity contribution < 1.29 is 19.0 Å². The highest BCUT2D eigenvalue weighted by molar-refractivity contribution is 7.14. The largest absolute Gasteiger partial charge is 0.619 e. The highest BCUT2D eigenvalue weighted by Gasteiger charge is 2.15. The van der Waals surface area contributed by atoms with Gasteiger partial charge in [-0.1, -0.05) is 6.08 Å². The van der Waals surface area contributed by atoms with Crippen molar-refractivity contribution in [1.82, 2.24) is 4.98 Å². The minimum absolute atomic E-state index is 0.0949. The van der Waals surface area contributed by atoms with Crippen molar-refractivity contribution in [1.29, 1.82) is 0 Å². The Labute approximate surface area is 190 Å². The van der Waals surface area contributed by atoms with Crippen molar-refractivity contribution >= 4 is 22.4 Å². The average molecular weight is 450 g/mol. The van der Waals surface area contributed by atoms with Crippen molar-refractivity contribution in [3.05, 3.63) is 87.9 Å². The lowest BCUT2D eigenvalue weighted by Crippen LogP contribution is -2.25. The molecule has 1 aliphatic rings. The Bertz CT molecular complexity index is 1180. The Morgan fingerprint density at radius 2 is 1.97 bits per heavy atom. The standard InChI is InChI=1S/C24H23N3O4S/c1-15-12-20(31-19-6-4-18(30-3)5-7-19)13-16(2)22(15)21-14-32-24(25-21)26-23(28)17-8-10-27(29)11-9-17/h4,6-14,18H,5H2,1-3H3,(H,25,26,28). The lowest BCUT2D eigenvalue weighted by Gasteiger charge is -2.16. The molecular weight excluding hydrogens is 426 g/mol. The zero-order valence-electron chi connectivity index (χ0n) is 18.0. The second-order valence-electron chi connectivity index (χ2n) is 7.45. The summed E-state index contributed by atoms with van der Waals surface area (Å²) in [6.45, 7) is 4.03. The van der Waals surface area contributed by atoms with E-state index in [0.717, 1.165) is 40.3 Å². The van der Waals surface area contributed by atoms with E-state index in [1.165, 1.54) is 35.9 Å². The van der Waals surface area contributed by atoms with E-state index in [1.54, 1.807) is 7.11 Å². The predicted molar refractivity (Wildman–Crippen MR) is 124 cm³/mol. The zero-order chi connectivity index (χ0) is 22.7. The Morgan fingerprint density at radius 3 is 2.59 bits per heavy atom. The van der Waals surface area contributed by atoms with Gasteiger partial charge < -0.3 is 14.7 Å². The minimum atomic E-state index is -0.312. The van der Waals surface area contributed by atoms with E-state index in [2.05, 4.69) is 10.3 Å². The van der Waals surface area contributed by atoms with Crippen LogP contribution in [-0.2, 0) is 4.74 Å². The van der Waals surface area contributed by atoms with Crippen molar-refractivity contribution in [2.24, 2.45) is 0 Å². The predicted octanol–water partition coefficient (Wildman–Crippen LogP) is 4.55. The highest BCUT2D eigenvalue weighted by Crippen LogP contribution is 2.34. The first-order chi connectivity index (χ1) is 15.4. The van der Waals surface area contributed by atoms with Gasteiger partial charge in [0.1, 0.15) is 11.5 Å². The van der Waals surface area contributed by atoms with Gasteiger partial charge in [0, 0.05) is 30.2 Å². The lowest BCUT2D eigenvalue weighted by atomic mass is 10.00. The Kier molecular flexibility index (Phi) is 6.34. The van der Waals surface area contributed by atoms with E-state index in [-0.39, 0.29) is 12.0 Å². The van der Waals surface area contributed by atoms with Crippen molar-refractivity contribution in [3.63, 3.8) is 0 Å². The molecule has 0 radical (unpaired) electrons. The number of aryl methyl sites for hydroxylation is 2. The normalized spacial score (nSPS) is 15.3. The molecule has 1 aliphatic carbocycles. The smallest absolute Gasteiger partial charge is 0.257 e. The molecule has 1 amide bonds. The van der Waals surface area contributed by atoms with Crippen LogP contribution in [0.25, 0.3) is 11.3 Å². The molecular formula is C24H23N3O4S. The van der Waals surface area contributed by atoms with E-state index in [0.29, 0.717) is 15.4 Å². The maximum Gasteiger partial charge on any atom is 0.257 e. The topological polar surface area (TPSA) is 87.4 Å². The first-order valence-electron chi connectivity index (χ1n) is 10.1. The van der Waals surface area contributed by atoms with Gasteiger partial charge in [0.25, 0.3) is 5.91 Å². The summed E-state index contributed by atoms with van der Waals surface area (Å²) in [6, 6.07) is 6.91. The van der Waals surface area contributed by atoms with Gasteiger partial charge in [-0.15, -0.1) is 11.3 Å². The molecule has 7 nitrogen and oxygen atoms in total. The Hall–Kier alpha value is -3.49. The van der Waals surface area contributed by atoms with Crippen LogP contribution in [0.4, 0.5) is 5.13 Å². The summed E-state index contributed by atoms with van der Waals surface area (Å²) < 4.78 is 12.0. The average Bonchev–Trinajstić information content (AvgIpc) is 3.22. The van der Waals surface area contributed by atoms with Gasteiger partial charge in [-0.05, 0) is 55.7 Å². The summed E-state index contributed by atoms with van der Waals surface area (Å²) in [6.07, 6.45) is 9.38. The van der Waals surface area contributed by atoms with Crippen LogP contribution in [0.1, 0.15) is 27.9 Å². The Morgan fingerprint density at radius 1 is 1.25 bits per heavy atom. The molecule has 8 heteroatoms. The molecule has 0 saturated heterocycles. The van der Waals surface area contributed by atoms with Crippen LogP contribution < -0.4 is 14.8 Å². The maximum atomic E-state index is 12.4. The van der Waals surface area contributed by atoms with Gasteiger partial charge in [-0.3, -0.25) is 10.1 Å². The van der Waals surface area contributed by atoms with E-state index in [4.69, 9.17) is 9.47 Å². The summed E-state index contributed by atoms with van der Waals surface area (Å²) >= 11 is 1.35. The van der Waals surface area contributed by atoms with Gasteiger partial charge >= 0.3 is 0 Å². The molecule has 1 aromatic carbocycles. The van der Waals surface area contributed by atoms with Crippen LogP contribution in [-0.4, -0.2) is 24.1 Å². The fourth-order valence-corrected chi connectivity index (χ4v) is 4.23. The number of nitrogens with zero attached hydrogens (tertiary/aromatic N) is 2. The number of anilines is 1. The summed E-state index contributed by atoms with van der Waals surface area (Å²) in [4.78, 5) is 17.0. The number of amides is 1. The van der Waals surface area contributed by atoms with Crippen LogP contribution in [0, 0.1) is 19.1 Å². The summed E-state index contributed by atoms with van der Waals surface area (Å²) in [5.41, 5.74) is 4.25. The minimum Gasteiger partial charge on any atom is -0.619 e. The molecule has 0 spiro atoms. The van der Waals surface area contributed by atoms with Gasteiger partial charge in [0.2, 0.25) is 0 Å². The number of pyridine rings is 1. The van der Waals surface area contributed by atoms with Gasteiger partial charge in [-0.2, -0.15) is 4.73 Å². The van der Waals surface area contributed by atoms with Crippen molar-refractivity contribution in [3.8, 4) is 17.0 Å². The molecule has 0 fully saturated rings. The van der Waals surface area contributed by atoms with Crippen LogP contribution in [0.3, 0.4) is 0 Å². The number of carbonyl (C=O) groups excluding carboxylic acids is 1. The molecule has 2 heterocycles. The molecule has 0 aliphatic heterocycles. The number of hydrogen-bond acceptors (Lipinski definition) is 6. The van der Waals surface area contributed by atoms with Crippen LogP contribution in [0.15, 0.2) is 66.0 Å². The van der Waals surface area contributed by atoms with Crippen LogP contribution in [0.5, 0.6) is 5.75 Å². The first kappa shape index (κ1) is 21.7. The second kappa shape index (κ2) is 9.33. The van der Waals surface area contributed by atoms with E-state index < -0.39 is 0 Å². The summed E-state index contributed by atoms with van der Waals surface area (Å²) in [5, 5.41) is 16.3. The first-order valence-corrected chi connectivity index (χ1v) is 11.0. The monoisotopic (exact) mass is 449 g/mol. The van der Waals surface area contributed by atoms with E-state index in [9.17, 15) is 10.0 Å². The second-order valence-corrected chi connectivity index (χ2v) is 8.31. The molecule has 2 aromatic heterocycles. The number of hydrogen-bond donors (Lipinski definition) is 1. The van der Waals surface area contributed by atoms with Crippen molar-refractivity contribution in [2.45, 2.75) is 26.4 Å². The molecule has 0 bridgehead atoms. The number of aromatic nitrogens is 2. The third-order valence-corrected chi connectivity index (χ3v) is 5.87. The SMILES string of the molecule is COC1C=CC(Oc2cc(C)c(-c3csc(NC(=O)c4cc[n+]([O-])cc4)n3)c(C)c2)=CC1. The third-order valence-electron chi connectivity index (χ3n) is 5.12. The number of methoxy groups -OCH3 is 1. The molecule has 1 atom stereocenters. The fourth-order valence-electron chi connectivity index (χ4n) is 3.53. The van der Waals surface area contributed by atoms with Gasteiger partial charge in [0.15, 0.2) is 17.5 Å². The summed E-state index contributed by atoms with van der Waals surface area (Å²) in [5.74, 6) is 1.25. The number of rotatable bonds is 6.